The van der Waals surface area contributed by atoms with E-state index in [0.29, 0.717) is 36.7 Å². The van der Waals surface area contributed by atoms with Crippen LogP contribution in [-0.2, 0) is 4.74 Å². The smallest absolute Gasteiger partial charge is 0.338 e. The summed E-state index contributed by atoms with van der Waals surface area (Å²) in [5.41, 5.74) is 0.602. The fourth-order valence-electron chi connectivity index (χ4n) is 4.25. The van der Waals surface area contributed by atoms with Crippen molar-refractivity contribution in [1.82, 2.24) is 4.90 Å². The highest BCUT2D eigenvalue weighted by Crippen LogP contribution is 2.32. The van der Waals surface area contributed by atoms with Gasteiger partial charge < -0.3 is 14.4 Å². The van der Waals surface area contributed by atoms with Crippen molar-refractivity contribution < 1.29 is 14.3 Å². The van der Waals surface area contributed by atoms with Crippen LogP contribution in [-0.4, -0.2) is 43.2 Å². The first-order valence-corrected chi connectivity index (χ1v) is 10.3. The van der Waals surface area contributed by atoms with E-state index in [0.717, 1.165) is 12.2 Å². The van der Waals surface area contributed by atoms with E-state index in [9.17, 15) is 4.79 Å². The van der Waals surface area contributed by atoms with Crippen LogP contribution in [0.3, 0.4) is 0 Å². The number of benzene rings is 1. The molecule has 144 valence electrons. The number of esters is 1. The van der Waals surface area contributed by atoms with E-state index in [4.69, 9.17) is 9.47 Å². The molecule has 2 aliphatic heterocycles. The van der Waals surface area contributed by atoms with Crippen molar-refractivity contribution in [3.05, 3.63) is 29.8 Å². The molecule has 1 aromatic carbocycles. The molecule has 3 rings (SSSR count). The lowest BCUT2D eigenvalue weighted by Crippen LogP contribution is -2.48. The SMILES string of the molecule is CC(C)COc1ccc(C(=O)OCC[C@H]2CCCN3CCCC[C@H]23)cc1. The molecule has 26 heavy (non-hydrogen) atoms. The fourth-order valence-corrected chi connectivity index (χ4v) is 4.25. The molecule has 0 unspecified atom stereocenters. The van der Waals surface area contributed by atoms with Crippen molar-refractivity contribution in [1.29, 1.82) is 0 Å². The van der Waals surface area contributed by atoms with E-state index in [2.05, 4.69) is 18.7 Å². The summed E-state index contributed by atoms with van der Waals surface area (Å²) in [7, 11) is 0. The Morgan fingerprint density at radius 3 is 2.65 bits per heavy atom. The van der Waals surface area contributed by atoms with Crippen LogP contribution < -0.4 is 4.74 Å². The monoisotopic (exact) mass is 359 g/mol. The number of nitrogens with zero attached hydrogens (tertiary/aromatic N) is 1. The molecule has 0 N–H and O–H groups in total. The first-order chi connectivity index (χ1) is 12.6. The van der Waals surface area contributed by atoms with Crippen molar-refractivity contribution in [2.24, 2.45) is 11.8 Å². The molecular formula is C22H33NO3. The molecule has 2 atom stereocenters. The molecule has 0 saturated carbocycles. The third kappa shape index (κ3) is 5.23. The molecule has 0 bridgehead atoms. The first-order valence-electron chi connectivity index (χ1n) is 10.3. The Bertz CT molecular complexity index is 567. The van der Waals surface area contributed by atoms with Gasteiger partial charge in [-0.3, -0.25) is 0 Å². The number of carbonyl (C=O) groups excluding carboxylic acids is 1. The van der Waals surface area contributed by atoms with Gasteiger partial charge in [-0.15, -0.1) is 0 Å². The van der Waals surface area contributed by atoms with Gasteiger partial charge in [-0.2, -0.15) is 0 Å². The molecule has 0 aromatic heterocycles. The van der Waals surface area contributed by atoms with Crippen molar-refractivity contribution in [3.63, 3.8) is 0 Å². The summed E-state index contributed by atoms with van der Waals surface area (Å²) in [6.45, 7) is 7.95. The molecule has 2 aliphatic rings. The maximum atomic E-state index is 12.3. The van der Waals surface area contributed by atoms with Gasteiger partial charge in [0.15, 0.2) is 0 Å². The van der Waals surface area contributed by atoms with Crippen molar-refractivity contribution in [2.75, 3.05) is 26.3 Å². The van der Waals surface area contributed by atoms with Gasteiger partial charge in [0.2, 0.25) is 0 Å². The molecule has 4 heteroatoms. The number of rotatable bonds is 7. The Kier molecular flexibility index (Phi) is 6.95. The fraction of sp³-hybridized carbons (Fsp3) is 0.682. The van der Waals surface area contributed by atoms with E-state index >= 15 is 0 Å². The lowest BCUT2D eigenvalue weighted by Gasteiger charge is -2.44. The topological polar surface area (TPSA) is 38.8 Å². The molecule has 2 heterocycles. The van der Waals surface area contributed by atoms with Crippen LogP contribution in [0, 0.1) is 11.8 Å². The zero-order valence-corrected chi connectivity index (χ0v) is 16.3. The van der Waals surface area contributed by atoms with Crippen LogP contribution in [0.25, 0.3) is 0 Å². The Morgan fingerprint density at radius 2 is 1.88 bits per heavy atom. The minimum atomic E-state index is -0.225. The molecule has 0 aliphatic carbocycles. The summed E-state index contributed by atoms with van der Waals surface area (Å²) in [6, 6.07) is 8.00. The quantitative estimate of drug-likeness (QED) is 0.670. The van der Waals surface area contributed by atoms with Gasteiger partial charge in [0, 0.05) is 6.04 Å². The number of hydrogen-bond donors (Lipinski definition) is 0. The lowest BCUT2D eigenvalue weighted by atomic mass is 9.82. The van der Waals surface area contributed by atoms with Crippen molar-refractivity contribution in [2.45, 2.75) is 58.4 Å². The van der Waals surface area contributed by atoms with Gasteiger partial charge in [0.25, 0.3) is 0 Å². The number of carbonyl (C=O) groups is 1. The largest absolute Gasteiger partial charge is 0.493 e. The number of piperidine rings is 2. The Morgan fingerprint density at radius 1 is 1.12 bits per heavy atom. The van der Waals surface area contributed by atoms with Gasteiger partial charge in [0.05, 0.1) is 18.8 Å². The van der Waals surface area contributed by atoms with Gasteiger partial charge >= 0.3 is 5.97 Å². The lowest BCUT2D eigenvalue weighted by molar-refractivity contribution is 0.0296. The van der Waals surface area contributed by atoms with Gasteiger partial charge in [0.1, 0.15) is 5.75 Å². The maximum Gasteiger partial charge on any atom is 0.338 e. The zero-order chi connectivity index (χ0) is 18.4. The Hall–Kier alpha value is -1.55. The van der Waals surface area contributed by atoms with Crippen LogP contribution in [0.4, 0.5) is 0 Å². The third-order valence-electron chi connectivity index (χ3n) is 5.62. The molecule has 1 aromatic rings. The first kappa shape index (κ1) is 19.2. The molecule has 0 spiro atoms. The van der Waals surface area contributed by atoms with Crippen LogP contribution in [0.2, 0.25) is 0 Å². The maximum absolute atomic E-state index is 12.3. The average molecular weight is 360 g/mol. The standard InChI is InChI=1S/C22H33NO3/c1-17(2)16-26-20-10-8-19(9-11-20)22(24)25-15-12-18-6-5-14-23-13-4-3-7-21(18)23/h8-11,17-18,21H,3-7,12-16H2,1-2H3/t18-,21-/m1/s1. The van der Waals surface area contributed by atoms with Gasteiger partial charge in [-0.1, -0.05) is 20.3 Å². The Labute approximate surface area is 157 Å². The highest BCUT2D eigenvalue weighted by atomic mass is 16.5. The normalized spacial score (nSPS) is 23.5. The summed E-state index contributed by atoms with van der Waals surface area (Å²) < 4.78 is 11.2. The zero-order valence-electron chi connectivity index (χ0n) is 16.3. The molecule has 4 nitrogen and oxygen atoms in total. The van der Waals surface area contributed by atoms with Crippen LogP contribution in [0.15, 0.2) is 24.3 Å². The van der Waals surface area contributed by atoms with Crippen molar-refractivity contribution in [3.8, 4) is 5.75 Å². The summed E-state index contributed by atoms with van der Waals surface area (Å²) >= 11 is 0. The Balaban J connectivity index is 1.43. The summed E-state index contributed by atoms with van der Waals surface area (Å²) in [5.74, 6) is 1.75. The van der Waals surface area contributed by atoms with Gasteiger partial charge in [-0.25, -0.2) is 4.79 Å². The number of fused-ring (bicyclic) bond motifs is 1. The predicted molar refractivity (Wildman–Crippen MR) is 104 cm³/mol. The third-order valence-corrected chi connectivity index (χ3v) is 5.62. The highest BCUT2D eigenvalue weighted by molar-refractivity contribution is 5.89. The van der Waals surface area contributed by atoms with Crippen molar-refractivity contribution >= 4 is 5.97 Å². The molecule has 0 radical (unpaired) electrons. The summed E-state index contributed by atoms with van der Waals surface area (Å²) in [5, 5.41) is 0. The number of ether oxygens (including phenoxy) is 2. The van der Waals surface area contributed by atoms with E-state index in [1.54, 1.807) is 12.1 Å². The number of hydrogen-bond acceptors (Lipinski definition) is 4. The average Bonchev–Trinajstić information content (AvgIpc) is 2.67. The van der Waals surface area contributed by atoms with E-state index < -0.39 is 0 Å². The highest BCUT2D eigenvalue weighted by Gasteiger charge is 2.32. The van der Waals surface area contributed by atoms with E-state index in [1.807, 2.05) is 12.1 Å². The van der Waals surface area contributed by atoms with Crippen LogP contribution in [0.1, 0.15) is 62.7 Å². The molecule has 2 saturated heterocycles. The second kappa shape index (κ2) is 9.40. The minimum absolute atomic E-state index is 0.225. The second-order valence-electron chi connectivity index (χ2n) is 8.16. The second-order valence-corrected chi connectivity index (χ2v) is 8.16. The summed E-state index contributed by atoms with van der Waals surface area (Å²) in [6.07, 6.45) is 7.56. The molecule has 2 fully saturated rings. The van der Waals surface area contributed by atoms with Crippen LogP contribution in [0.5, 0.6) is 5.75 Å². The minimum Gasteiger partial charge on any atom is -0.493 e. The summed E-state index contributed by atoms with van der Waals surface area (Å²) in [4.78, 5) is 14.9. The predicted octanol–water partition coefficient (Wildman–Crippen LogP) is 4.53. The molecule has 0 amide bonds. The van der Waals surface area contributed by atoms with Crippen LogP contribution >= 0.6 is 0 Å². The molecular weight excluding hydrogens is 326 g/mol. The van der Waals surface area contributed by atoms with E-state index in [-0.39, 0.29) is 5.97 Å². The van der Waals surface area contributed by atoms with Gasteiger partial charge in [-0.05, 0) is 81.3 Å². The van der Waals surface area contributed by atoms with E-state index in [1.165, 1.54) is 45.2 Å².